The average molecular weight is 316 g/mol. The van der Waals surface area contributed by atoms with Gasteiger partial charge in [0, 0.05) is 25.6 Å². The third-order valence-electron chi connectivity index (χ3n) is 5.06. The van der Waals surface area contributed by atoms with Crippen LogP contribution in [0.4, 0.5) is 0 Å². The molecule has 126 valence electrons. The van der Waals surface area contributed by atoms with Crippen molar-refractivity contribution in [3.05, 3.63) is 29.8 Å². The molecule has 0 aliphatic carbocycles. The maximum atomic E-state index is 12.8. The van der Waals surface area contributed by atoms with Gasteiger partial charge in [-0.05, 0) is 50.3 Å². The minimum Gasteiger partial charge on any atom is -0.492 e. The lowest BCUT2D eigenvalue weighted by Crippen LogP contribution is -2.38. The van der Waals surface area contributed by atoms with E-state index >= 15 is 0 Å². The average Bonchev–Trinajstić information content (AvgIpc) is 2.61. The molecule has 2 aliphatic heterocycles. The quantitative estimate of drug-likeness (QED) is 0.928. The van der Waals surface area contributed by atoms with Crippen LogP contribution in [0.3, 0.4) is 0 Å². The number of ether oxygens (including phenoxy) is 1. The molecule has 2 saturated heterocycles. The van der Waals surface area contributed by atoms with Gasteiger partial charge in [0.05, 0.1) is 12.2 Å². The fraction of sp³-hybridized carbons (Fsp3) is 0.632. The Kier molecular flexibility index (Phi) is 5.55. The Bertz CT molecular complexity index is 518. The van der Waals surface area contributed by atoms with Crippen LogP contribution in [0.5, 0.6) is 5.75 Å². The number of nitrogens with one attached hydrogen (secondary N) is 1. The second-order valence-electron chi connectivity index (χ2n) is 6.99. The first kappa shape index (κ1) is 16.3. The SMILES string of the molecule is CC1CCN(C(=O)c2ccccc2OC[C@H]2CCCNC2)CC1. The van der Waals surface area contributed by atoms with E-state index in [0.29, 0.717) is 18.1 Å². The van der Waals surface area contributed by atoms with Crippen molar-refractivity contribution in [2.75, 3.05) is 32.8 Å². The molecule has 1 N–H and O–H groups in total. The normalized spacial score (nSPS) is 22.8. The minimum absolute atomic E-state index is 0.120. The molecular weight excluding hydrogens is 288 g/mol. The van der Waals surface area contributed by atoms with Gasteiger partial charge in [0.2, 0.25) is 0 Å². The number of para-hydroxylation sites is 1. The number of likely N-dealkylation sites (tertiary alicyclic amines) is 1. The summed E-state index contributed by atoms with van der Waals surface area (Å²) in [6.07, 6.45) is 4.61. The van der Waals surface area contributed by atoms with Gasteiger partial charge in [0.1, 0.15) is 5.75 Å². The zero-order valence-corrected chi connectivity index (χ0v) is 14.1. The predicted molar refractivity (Wildman–Crippen MR) is 91.8 cm³/mol. The van der Waals surface area contributed by atoms with Crippen LogP contribution in [0.2, 0.25) is 0 Å². The van der Waals surface area contributed by atoms with Crippen LogP contribution in [-0.2, 0) is 0 Å². The van der Waals surface area contributed by atoms with E-state index in [-0.39, 0.29) is 5.91 Å². The molecule has 2 aliphatic rings. The summed E-state index contributed by atoms with van der Waals surface area (Å²) in [5.41, 5.74) is 0.714. The van der Waals surface area contributed by atoms with Crippen molar-refractivity contribution in [3.8, 4) is 5.75 Å². The summed E-state index contributed by atoms with van der Waals surface area (Å²) >= 11 is 0. The summed E-state index contributed by atoms with van der Waals surface area (Å²) in [6, 6.07) is 7.70. The summed E-state index contributed by atoms with van der Waals surface area (Å²) in [5, 5.41) is 3.41. The highest BCUT2D eigenvalue weighted by Gasteiger charge is 2.24. The first-order valence-electron chi connectivity index (χ1n) is 8.96. The highest BCUT2D eigenvalue weighted by molar-refractivity contribution is 5.97. The van der Waals surface area contributed by atoms with Crippen molar-refractivity contribution in [1.82, 2.24) is 10.2 Å². The standard InChI is InChI=1S/C19H28N2O2/c1-15-8-11-21(12-9-15)19(22)17-6-2-3-7-18(17)23-14-16-5-4-10-20-13-16/h2-3,6-7,15-16,20H,4-5,8-14H2,1H3/t16-/m0/s1. The van der Waals surface area contributed by atoms with Crippen LogP contribution in [-0.4, -0.2) is 43.6 Å². The fourth-order valence-electron chi connectivity index (χ4n) is 3.43. The van der Waals surface area contributed by atoms with Crippen LogP contribution in [0.1, 0.15) is 43.0 Å². The van der Waals surface area contributed by atoms with Gasteiger partial charge in [-0.2, -0.15) is 0 Å². The molecule has 0 unspecified atom stereocenters. The summed E-state index contributed by atoms with van der Waals surface area (Å²) in [4.78, 5) is 14.8. The van der Waals surface area contributed by atoms with Gasteiger partial charge < -0.3 is 15.0 Å². The van der Waals surface area contributed by atoms with Crippen LogP contribution >= 0.6 is 0 Å². The molecule has 1 aromatic rings. The van der Waals surface area contributed by atoms with Gasteiger partial charge in [0.25, 0.3) is 5.91 Å². The summed E-state index contributed by atoms with van der Waals surface area (Å²) in [5.74, 6) is 2.13. The Morgan fingerprint density at radius 3 is 2.78 bits per heavy atom. The van der Waals surface area contributed by atoms with Crippen LogP contribution in [0, 0.1) is 11.8 Å². The van der Waals surface area contributed by atoms with E-state index in [1.165, 1.54) is 12.8 Å². The number of piperidine rings is 2. The Balaban J connectivity index is 1.63. The van der Waals surface area contributed by atoms with E-state index in [4.69, 9.17) is 4.74 Å². The molecule has 4 nitrogen and oxygen atoms in total. The Hall–Kier alpha value is -1.55. The molecular formula is C19H28N2O2. The van der Waals surface area contributed by atoms with E-state index < -0.39 is 0 Å². The number of rotatable bonds is 4. The van der Waals surface area contributed by atoms with Crippen molar-refractivity contribution >= 4 is 5.91 Å². The van der Waals surface area contributed by atoms with Gasteiger partial charge >= 0.3 is 0 Å². The Labute approximate surface area is 139 Å². The van der Waals surface area contributed by atoms with Crippen LogP contribution < -0.4 is 10.1 Å². The van der Waals surface area contributed by atoms with Gasteiger partial charge in [-0.25, -0.2) is 0 Å². The van der Waals surface area contributed by atoms with Gasteiger partial charge in [0.15, 0.2) is 0 Å². The zero-order valence-electron chi connectivity index (χ0n) is 14.1. The lowest BCUT2D eigenvalue weighted by Gasteiger charge is -2.31. The molecule has 4 heteroatoms. The molecule has 0 aromatic heterocycles. The van der Waals surface area contributed by atoms with Gasteiger partial charge in [-0.1, -0.05) is 19.1 Å². The first-order chi connectivity index (χ1) is 11.2. The number of benzene rings is 1. The molecule has 3 rings (SSSR count). The smallest absolute Gasteiger partial charge is 0.257 e. The molecule has 2 heterocycles. The fourth-order valence-corrected chi connectivity index (χ4v) is 3.43. The van der Waals surface area contributed by atoms with Crippen LogP contribution in [0.15, 0.2) is 24.3 Å². The lowest BCUT2D eigenvalue weighted by atomic mass is 9.98. The molecule has 1 atom stereocenters. The van der Waals surface area contributed by atoms with Crippen molar-refractivity contribution < 1.29 is 9.53 Å². The topological polar surface area (TPSA) is 41.6 Å². The van der Waals surface area contributed by atoms with Gasteiger partial charge in [-0.3, -0.25) is 4.79 Å². The number of carbonyl (C=O) groups is 1. The highest BCUT2D eigenvalue weighted by atomic mass is 16.5. The third-order valence-corrected chi connectivity index (χ3v) is 5.06. The predicted octanol–water partition coefficient (Wildman–Crippen LogP) is 2.94. The maximum Gasteiger partial charge on any atom is 0.257 e. The number of carbonyl (C=O) groups excluding carboxylic acids is 1. The third kappa shape index (κ3) is 4.25. The number of amides is 1. The number of nitrogens with zero attached hydrogens (tertiary/aromatic N) is 1. The molecule has 23 heavy (non-hydrogen) atoms. The first-order valence-corrected chi connectivity index (χ1v) is 8.96. The number of hydrogen-bond donors (Lipinski definition) is 1. The Morgan fingerprint density at radius 1 is 1.26 bits per heavy atom. The summed E-state index contributed by atoms with van der Waals surface area (Å²) in [6.45, 7) is 6.80. The largest absolute Gasteiger partial charge is 0.492 e. The molecule has 2 fully saturated rings. The summed E-state index contributed by atoms with van der Waals surface area (Å²) in [7, 11) is 0. The molecule has 0 saturated carbocycles. The van der Waals surface area contributed by atoms with Crippen molar-refractivity contribution in [3.63, 3.8) is 0 Å². The second-order valence-corrected chi connectivity index (χ2v) is 6.99. The van der Waals surface area contributed by atoms with Crippen LogP contribution in [0.25, 0.3) is 0 Å². The van der Waals surface area contributed by atoms with Crippen molar-refractivity contribution in [1.29, 1.82) is 0 Å². The molecule has 1 aromatic carbocycles. The lowest BCUT2D eigenvalue weighted by molar-refractivity contribution is 0.0691. The van der Waals surface area contributed by atoms with E-state index in [1.54, 1.807) is 0 Å². The monoisotopic (exact) mass is 316 g/mol. The minimum atomic E-state index is 0.120. The van der Waals surface area contributed by atoms with E-state index in [2.05, 4.69) is 12.2 Å². The molecule has 0 spiro atoms. The summed E-state index contributed by atoms with van der Waals surface area (Å²) < 4.78 is 6.02. The van der Waals surface area contributed by atoms with E-state index in [0.717, 1.165) is 50.7 Å². The zero-order chi connectivity index (χ0) is 16.1. The molecule has 1 amide bonds. The number of hydrogen-bond acceptors (Lipinski definition) is 3. The van der Waals surface area contributed by atoms with Gasteiger partial charge in [-0.15, -0.1) is 0 Å². The highest BCUT2D eigenvalue weighted by Crippen LogP contribution is 2.24. The molecule has 0 bridgehead atoms. The molecule has 0 radical (unpaired) electrons. The van der Waals surface area contributed by atoms with E-state index in [1.807, 2.05) is 29.2 Å². The Morgan fingerprint density at radius 2 is 2.04 bits per heavy atom. The van der Waals surface area contributed by atoms with Crippen molar-refractivity contribution in [2.24, 2.45) is 11.8 Å². The maximum absolute atomic E-state index is 12.8. The van der Waals surface area contributed by atoms with Crippen molar-refractivity contribution in [2.45, 2.75) is 32.6 Å². The van der Waals surface area contributed by atoms with E-state index in [9.17, 15) is 4.79 Å². The second kappa shape index (κ2) is 7.82.